The Labute approximate surface area is 225 Å². The van der Waals surface area contributed by atoms with Crippen molar-refractivity contribution >= 4 is 51.7 Å². The summed E-state index contributed by atoms with van der Waals surface area (Å²) in [6.07, 6.45) is 4.13. The van der Waals surface area contributed by atoms with Crippen LogP contribution in [0.5, 0.6) is 0 Å². The van der Waals surface area contributed by atoms with E-state index in [0.717, 1.165) is 60.5 Å². The summed E-state index contributed by atoms with van der Waals surface area (Å²) in [5, 5.41) is 9.37. The van der Waals surface area contributed by atoms with Crippen molar-refractivity contribution < 1.29 is 18.8 Å². The van der Waals surface area contributed by atoms with Crippen molar-refractivity contribution in [1.82, 2.24) is 20.1 Å². The molecule has 2 fully saturated rings. The monoisotopic (exact) mass is 536 g/mol. The average Bonchev–Trinajstić information content (AvgIpc) is 3.63. The fourth-order valence-corrected chi connectivity index (χ4v) is 5.47. The number of amides is 3. The second-order valence-corrected chi connectivity index (χ2v) is 10.8. The first-order valence-electron chi connectivity index (χ1n) is 13.0. The van der Waals surface area contributed by atoms with E-state index in [1.165, 1.54) is 11.3 Å². The minimum atomic E-state index is -0.719. The Balaban J connectivity index is 1.39. The Bertz CT molecular complexity index is 1370. The van der Waals surface area contributed by atoms with E-state index in [1.807, 2.05) is 43.0 Å². The van der Waals surface area contributed by atoms with Crippen molar-refractivity contribution in [2.24, 2.45) is 4.99 Å². The standard InChI is InChI=1S/C27H32N6O4S/c1-17-13-19-14-20(8-9-23(19)37-17)29-27(31-25(35)22-16-38-18(2)28-22)30-21-7-3-4-12-33(26(21)36)15-24(34)32-10-5-6-11-32/h8-9,13-14,16,21H,3-7,10-12,15H2,1-2H3,(H2,29,30,31,35)/t21-/m0/s1. The van der Waals surface area contributed by atoms with Crippen LogP contribution in [0.2, 0.25) is 0 Å². The first kappa shape index (κ1) is 25.9. The molecule has 2 N–H and O–H groups in total. The van der Waals surface area contributed by atoms with Crippen LogP contribution in [0, 0.1) is 13.8 Å². The molecule has 2 saturated heterocycles. The number of nitrogens with zero attached hydrogens (tertiary/aromatic N) is 4. The predicted molar refractivity (Wildman–Crippen MR) is 146 cm³/mol. The van der Waals surface area contributed by atoms with E-state index in [0.29, 0.717) is 18.7 Å². The third kappa shape index (κ3) is 6.04. The lowest BCUT2D eigenvalue weighted by Crippen LogP contribution is -2.45. The van der Waals surface area contributed by atoms with E-state index >= 15 is 0 Å². The molecule has 38 heavy (non-hydrogen) atoms. The molecule has 2 aliphatic heterocycles. The Morgan fingerprint density at radius 1 is 1.13 bits per heavy atom. The number of furan rings is 1. The van der Waals surface area contributed by atoms with Gasteiger partial charge in [-0.3, -0.25) is 19.7 Å². The molecule has 3 amide bonds. The fraction of sp³-hybridized carbons (Fsp3) is 0.444. The number of likely N-dealkylation sites (tertiary alicyclic amines) is 2. The van der Waals surface area contributed by atoms with Gasteiger partial charge in [0, 0.05) is 36.1 Å². The number of hydrogen-bond acceptors (Lipinski definition) is 7. The molecule has 10 nitrogen and oxygen atoms in total. The molecule has 0 bridgehead atoms. The fourth-order valence-electron chi connectivity index (χ4n) is 4.87. The van der Waals surface area contributed by atoms with Gasteiger partial charge in [-0.25, -0.2) is 9.98 Å². The van der Waals surface area contributed by atoms with Crippen molar-refractivity contribution in [1.29, 1.82) is 0 Å². The zero-order valence-corrected chi connectivity index (χ0v) is 22.5. The highest BCUT2D eigenvalue weighted by Gasteiger charge is 2.30. The van der Waals surface area contributed by atoms with Crippen molar-refractivity contribution in [2.75, 3.05) is 31.5 Å². The summed E-state index contributed by atoms with van der Waals surface area (Å²) in [5.74, 6) is 0.323. The molecule has 200 valence electrons. The Kier molecular flexibility index (Phi) is 7.73. The highest BCUT2D eigenvalue weighted by Crippen LogP contribution is 2.23. The first-order chi connectivity index (χ1) is 18.4. The van der Waals surface area contributed by atoms with E-state index in [2.05, 4.69) is 15.6 Å². The van der Waals surface area contributed by atoms with Crippen molar-refractivity contribution in [3.8, 4) is 0 Å². The van der Waals surface area contributed by atoms with Crippen LogP contribution in [0.3, 0.4) is 0 Å². The Hall–Kier alpha value is -3.73. The van der Waals surface area contributed by atoms with Gasteiger partial charge in [-0.15, -0.1) is 11.3 Å². The van der Waals surface area contributed by atoms with Gasteiger partial charge in [-0.05, 0) is 70.2 Å². The van der Waals surface area contributed by atoms with Gasteiger partial charge >= 0.3 is 0 Å². The molecular weight excluding hydrogens is 504 g/mol. The minimum absolute atomic E-state index is 0.0188. The predicted octanol–water partition coefficient (Wildman–Crippen LogP) is 3.71. The van der Waals surface area contributed by atoms with Crippen molar-refractivity contribution in [3.63, 3.8) is 0 Å². The lowest BCUT2D eigenvalue weighted by atomic mass is 10.1. The summed E-state index contributed by atoms with van der Waals surface area (Å²) in [5.41, 5.74) is 1.73. The van der Waals surface area contributed by atoms with Crippen LogP contribution >= 0.6 is 11.3 Å². The average molecular weight is 537 g/mol. The molecule has 0 unspecified atom stereocenters. The van der Waals surface area contributed by atoms with E-state index in [9.17, 15) is 14.4 Å². The van der Waals surface area contributed by atoms with Gasteiger partial charge in [-0.1, -0.05) is 0 Å². The van der Waals surface area contributed by atoms with Gasteiger partial charge in [-0.2, -0.15) is 0 Å². The molecule has 4 heterocycles. The number of carbonyl (C=O) groups excluding carboxylic acids is 3. The Morgan fingerprint density at radius 2 is 1.92 bits per heavy atom. The van der Waals surface area contributed by atoms with Gasteiger partial charge in [0.15, 0.2) is 0 Å². The number of anilines is 1. The molecule has 0 aliphatic carbocycles. The van der Waals surface area contributed by atoms with E-state index in [4.69, 9.17) is 9.41 Å². The lowest BCUT2D eigenvalue weighted by Gasteiger charge is -2.25. The number of benzene rings is 1. The molecule has 1 aromatic carbocycles. The third-order valence-corrected chi connectivity index (χ3v) is 7.58. The molecule has 0 saturated carbocycles. The Morgan fingerprint density at radius 3 is 2.68 bits per heavy atom. The van der Waals surface area contributed by atoms with Gasteiger partial charge in [0.2, 0.25) is 17.8 Å². The zero-order valence-electron chi connectivity index (χ0n) is 21.7. The molecule has 0 radical (unpaired) electrons. The van der Waals surface area contributed by atoms with Gasteiger partial charge in [0.05, 0.1) is 11.6 Å². The van der Waals surface area contributed by atoms with Crippen LogP contribution in [0.15, 0.2) is 39.1 Å². The summed E-state index contributed by atoms with van der Waals surface area (Å²) < 4.78 is 5.67. The number of nitrogens with one attached hydrogen (secondary N) is 2. The van der Waals surface area contributed by atoms with E-state index < -0.39 is 11.9 Å². The molecular formula is C27H32N6O4S. The first-order valence-corrected chi connectivity index (χ1v) is 13.9. The highest BCUT2D eigenvalue weighted by molar-refractivity contribution is 7.09. The van der Waals surface area contributed by atoms with E-state index in [-0.39, 0.29) is 30.0 Å². The maximum absolute atomic E-state index is 13.5. The normalized spacial score (nSPS) is 18.6. The highest BCUT2D eigenvalue weighted by atomic mass is 32.1. The van der Waals surface area contributed by atoms with Crippen molar-refractivity contribution in [3.05, 3.63) is 46.1 Å². The number of hydrogen-bond donors (Lipinski definition) is 2. The number of rotatable bonds is 5. The topological polar surface area (TPSA) is 120 Å². The summed E-state index contributed by atoms with van der Waals surface area (Å²) in [4.78, 5) is 51.7. The molecule has 5 rings (SSSR count). The van der Waals surface area contributed by atoms with Gasteiger partial charge < -0.3 is 19.5 Å². The SMILES string of the molecule is Cc1cc2cc(NC(=N[C@H]3CCCCN(CC(=O)N4CCCC4)C3=O)NC(=O)c3csc(C)n3)ccc2o1. The zero-order chi connectivity index (χ0) is 26.6. The maximum atomic E-state index is 13.5. The number of thiazole rings is 1. The van der Waals surface area contributed by atoms with Crippen molar-refractivity contribution in [2.45, 2.75) is 52.0 Å². The second kappa shape index (κ2) is 11.3. The number of carbonyl (C=O) groups is 3. The number of aryl methyl sites for hydroxylation is 2. The third-order valence-electron chi connectivity index (χ3n) is 6.81. The van der Waals surface area contributed by atoms with Crippen LogP contribution in [0.1, 0.15) is 53.4 Å². The molecule has 2 aromatic heterocycles. The molecule has 11 heteroatoms. The summed E-state index contributed by atoms with van der Waals surface area (Å²) in [7, 11) is 0. The van der Waals surface area contributed by atoms with E-state index in [1.54, 1.807) is 10.3 Å². The van der Waals surface area contributed by atoms with Gasteiger partial charge in [0.25, 0.3) is 5.91 Å². The number of aromatic nitrogens is 1. The molecule has 3 aromatic rings. The number of aliphatic imine (C=N–C) groups is 1. The lowest BCUT2D eigenvalue weighted by molar-refractivity contribution is -0.140. The quantitative estimate of drug-likeness (QED) is 0.379. The van der Waals surface area contributed by atoms with Crippen LogP contribution < -0.4 is 10.6 Å². The number of guanidine groups is 1. The molecule has 2 aliphatic rings. The van der Waals surface area contributed by atoms with Crippen LogP contribution in [-0.2, 0) is 9.59 Å². The largest absolute Gasteiger partial charge is 0.461 e. The number of fused-ring (bicyclic) bond motifs is 1. The van der Waals surface area contributed by atoms with Crippen LogP contribution in [-0.4, -0.2) is 70.7 Å². The second-order valence-electron chi connectivity index (χ2n) is 9.78. The minimum Gasteiger partial charge on any atom is -0.461 e. The molecule has 1 atom stereocenters. The van der Waals surface area contributed by atoms with Gasteiger partial charge in [0.1, 0.15) is 23.1 Å². The smallest absolute Gasteiger partial charge is 0.277 e. The summed E-state index contributed by atoms with van der Waals surface area (Å²) in [6.45, 7) is 5.80. The van der Waals surface area contributed by atoms with Crippen LogP contribution in [0.4, 0.5) is 5.69 Å². The molecule has 0 spiro atoms. The summed E-state index contributed by atoms with van der Waals surface area (Å²) in [6, 6.07) is 6.78. The maximum Gasteiger partial charge on any atom is 0.277 e. The van der Waals surface area contributed by atoms with Crippen LogP contribution in [0.25, 0.3) is 11.0 Å². The summed E-state index contributed by atoms with van der Waals surface area (Å²) >= 11 is 1.38.